The van der Waals surface area contributed by atoms with Crippen LogP contribution in [0.2, 0.25) is 0 Å². The molecule has 2 aromatic rings. The van der Waals surface area contributed by atoms with Crippen molar-refractivity contribution in [2.45, 2.75) is 63.2 Å². The Morgan fingerprint density at radius 2 is 1.65 bits per heavy atom. The second kappa shape index (κ2) is 6.03. The lowest BCUT2D eigenvalue weighted by molar-refractivity contribution is 0.407. The van der Waals surface area contributed by atoms with Crippen molar-refractivity contribution in [1.82, 2.24) is 4.98 Å². The molecule has 4 rings (SSSR count). The molecule has 0 unspecified atom stereocenters. The van der Waals surface area contributed by atoms with E-state index in [1.54, 1.807) is 7.11 Å². The molecule has 1 heterocycles. The highest BCUT2D eigenvalue weighted by Crippen LogP contribution is 2.44. The minimum absolute atomic E-state index is 0.590. The van der Waals surface area contributed by atoms with Gasteiger partial charge in [-0.25, -0.2) is 0 Å². The molecule has 122 valence electrons. The Kier molecular flexibility index (Phi) is 3.88. The van der Waals surface area contributed by atoms with E-state index in [0.717, 1.165) is 17.0 Å². The van der Waals surface area contributed by atoms with Gasteiger partial charge in [-0.1, -0.05) is 31.7 Å². The van der Waals surface area contributed by atoms with Crippen molar-refractivity contribution >= 4 is 16.6 Å². The number of ether oxygens (including phenoxy) is 1. The normalized spacial score (nSPS) is 19.7. The molecule has 23 heavy (non-hydrogen) atoms. The van der Waals surface area contributed by atoms with Gasteiger partial charge in [-0.2, -0.15) is 0 Å². The third-order valence-corrected chi connectivity index (χ3v) is 5.79. The number of nitrogens with two attached hydrogens (primary N) is 1. The van der Waals surface area contributed by atoms with Crippen molar-refractivity contribution in [3.63, 3.8) is 0 Å². The topological polar surface area (TPSA) is 48.1 Å². The number of rotatable bonds is 3. The summed E-state index contributed by atoms with van der Waals surface area (Å²) in [6.45, 7) is 0. The van der Waals surface area contributed by atoms with Crippen molar-refractivity contribution in [2.75, 3.05) is 12.8 Å². The largest absolute Gasteiger partial charge is 0.496 e. The van der Waals surface area contributed by atoms with Crippen LogP contribution in [0.3, 0.4) is 0 Å². The molecule has 0 radical (unpaired) electrons. The minimum atomic E-state index is 0.590. The highest BCUT2D eigenvalue weighted by atomic mass is 16.5. The fraction of sp³-hybridized carbons (Fsp3) is 0.550. The van der Waals surface area contributed by atoms with Gasteiger partial charge < -0.3 is 10.5 Å². The average molecular weight is 310 g/mol. The maximum Gasteiger partial charge on any atom is 0.125 e. The maximum atomic E-state index is 6.33. The van der Waals surface area contributed by atoms with Crippen LogP contribution >= 0.6 is 0 Å². The predicted octanol–water partition coefficient (Wildman–Crippen LogP) is 5.14. The van der Waals surface area contributed by atoms with E-state index in [2.05, 4.69) is 12.1 Å². The number of benzene rings is 1. The van der Waals surface area contributed by atoms with Crippen LogP contribution in [-0.4, -0.2) is 12.1 Å². The van der Waals surface area contributed by atoms with Gasteiger partial charge in [0.15, 0.2) is 0 Å². The van der Waals surface area contributed by atoms with Crippen molar-refractivity contribution in [3.8, 4) is 5.75 Å². The summed E-state index contributed by atoms with van der Waals surface area (Å²) in [5.41, 5.74) is 10.6. The molecule has 2 aliphatic carbocycles. The standard InChI is InChI=1S/C20H26N2O/c1-23-18-12-16(21)20-15(19(18)14-8-4-5-9-14)10-11-17(22-20)13-6-2-3-7-13/h10-14H,2-9,21H2,1H3. The zero-order valence-electron chi connectivity index (χ0n) is 14.0. The van der Waals surface area contributed by atoms with E-state index >= 15 is 0 Å². The van der Waals surface area contributed by atoms with Crippen LogP contribution < -0.4 is 10.5 Å². The van der Waals surface area contributed by atoms with Gasteiger partial charge in [0.05, 0.1) is 18.3 Å². The molecular formula is C20H26N2O. The molecule has 0 spiro atoms. The van der Waals surface area contributed by atoms with Gasteiger partial charge in [-0.05, 0) is 37.7 Å². The Hall–Kier alpha value is -1.77. The lowest BCUT2D eigenvalue weighted by Gasteiger charge is -2.19. The molecule has 0 aliphatic heterocycles. The fourth-order valence-electron chi connectivity index (χ4n) is 4.59. The zero-order chi connectivity index (χ0) is 15.8. The third kappa shape index (κ3) is 2.56. The number of methoxy groups -OCH3 is 1. The highest BCUT2D eigenvalue weighted by Gasteiger charge is 2.25. The van der Waals surface area contributed by atoms with E-state index in [-0.39, 0.29) is 0 Å². The van der Waals surface area contributed by atoms with Gasteiger partial charge in [0, 0.05) is 28.6 Å². The molecule has 0 bridgehead atoms. The summed E-state index contributed by atoms with van der Waals surface area (Å²) in [5.74, 6) is 2.15. The maximum absolute atomic E-state index is 6.33. The van der Waals surface area contributed by atoms with Crippen LogP contribution in [0.4, 0.5) is 5.69 Å². The van der Waals surface area contributed by atoms with E-state index in [1.807, 2.05) is 6.07 Å². The van der Waals surface area contributed by atoms with Crippen LogP contribution in [0.25, 0.3) is 10.9 Å². The number of hydrogen-bond acceptors (Lipinski definition) is 3. The summed E-state index contributed by atoms with van der Waals surface area (Å²) in [4.78, 5) is 4.98. The molecule has 0 amide bonds. The molecule has 2 saturated carbocycles. The first-order valence-electron chi connectivity index (χ1n) is 9.05. The van der Waals surface area contributed by atoms with Crippen molar-refractivity contribution < 1.29 is 4.74 Å². The average Bonchev–Trinajstić information content (AvgIpc) is 3.28. The second-order valence-corrected chi connectivity index (χ2v) is 7.18. The fourth-order valence-corrected chi connectivity index (χ4v) is 4.59. The monoisotopic (exact) mass is 310 g/mol. The van der Waals surface area contributed by atoms with Gasteiger partial charge >= 0.3 is 0 Å². The molecule has 0 atom stereocenters. The Morgan fingerprint density at radius 3 is 2.30 bits per heavy atom. The van der Waals surface area contributed by atoms with Gasteiger partial charge in [0.1, 0.15) is 5.75 Å². The predicted molar refractivity (Wildman–Crippen MR) is 95.1 cm³/mol. The van der Waals surface area contributed by atoms with E-state index in [0.29, 0.717) is 11.8 Å². The van der Waals surface area contributed by atoms with Crippen LogP contribution in [-0.2, 0) is 0 Å². The summed E-state index contributed by atoms with van der Waals surface area (Å²) in [5, 5.41) is 1.20. The number of nitrogen functional groups attached to an aromatic ring is 1. The van der Waals surface area contributed by atoms with Crippen molar-refractivity contribution in [2.24, 2.45) is 0 Å². The molecule has 2 aliphatic rings. The smallest absolute Gasteiger partial charge is 0.125 e. The molecule has 1 aromatic heterocycles. The third-order valence-electron chi connectivity index (χ3n) is 5.79. The van der Waals surface area contributed by atoms with E-state index in [4.69, 9.17) is 15.5 Å². The summed E-state index contributed by atoms with van der Waals surface area (Å²) < 4.78 is 5.67. The van der Waals surface area contributed by atoms with Gasteiger partial charge in [0.2, 0.25) is 0 Å². The Labute approximate surface area is 138 Å². The molecule has 3 heteroatoms. The van der Waals surface area contributed by atoms with Crippen LogP contribution in [0.5, 0.6) is 5.75 Å². The first-order chi connectivity index (χ1) is 11.3. The van der Waals surface area contributed by atoms with E-state index in [9.17, 15) is 0 Å². The molecule has 1 aromatic carbocycles. The van der Waals surface area contributed by atoms with E-state index < -0.39 is 0 Å². The van der Waals surface area contributed by atoms with Crippen LogP contribution in [0, 0.1) is 0 Å². The second-order valence-electron chi connectivity index (χ2n) is 7.18. The zero-order valence-corrected chi connectivity index (χ0v) is 14.0. The summed E-state index contributed by atoms with van der Waals surface area (Å²) in [7, 11) is 1.75. The number of anilines is 1. The number of hydrogen-bond donors (Lipinski definition) is 1. The molecular weight excluding hydrogens is 284 g/mol. The minimum Gasteiger partial charge on any atom is -0.496 e. The molecule has 3 nitrogen and oxygen atoms in total. The van der Waals surface area contributed by atoms with Gasteiger partial charge in [0.25, 0.3) is 0 Å². The number of aromatic nitrogens is 1. The quantitative estimate of drug-likeness (QED) is 0.798. The Bertz CT molecular complexity index is 713. The summed E-state index contributed by atoms with van der Waals surface area (Å²) in [6, 6.07) is 6.47. The Morgan fingerprint density at radius 1 is 1.00 bits per heavy atom. The number of nitrogens with zero attached hydrogens (tertiary/aromatic N) is 1. The van der Waals surface area contributed by atoms with Crippen molar-refractivity contribution in [3.05, 3.63) is 29.5 Å². The first kappa shape index (κ1) is 14.8. The molecule has 2 N–H and O–H groups in total. The Balaban J connectivity index is 1.87. The molecule has 2 fully saturated rings. The lowest BCUT2D eigenvalue weighted by atomic mass is 9.91. The van der Waals surface area contributed by atoms with E-state index in [1.165, 1.54) is 68.0 Å². The summed E-state index contributed by atoms with van der Waals surface area (Å²) >= 11 is 0. The van der Waals surface area contributed by atoms with Crippen molar-refractivity contribution in [1.29, 1.82) is 0 Å². The van der Waals surface area contributed by atoms with Crippen LogP contribution in [0.15, 0.2) is 18.2 Å². The lowest BCUT2D eigenvalue weighted by Crippen LogP contribution is -2.04. The number of fused-ring (bicyclic) bond motifs is 1. The van der Waals surface area contributed by atoms with Crippen LogP contribution in [0.1, 0.15) is 74.5 Å². The SMILES string of the molecule is COc1cc(N)c2nc(C3CCCC3)ccc2c1C1CCCC1. The highest BCUT2D eigenvalue weighted by molar-refractivity contribution is 5.94. The molecule has 0 saturated heterocycles. The first-order valence-corrected chi connectivity index (χ1v) is 9.05. The van der Waals surface area contributed by atoms with Gasteiger partial charge in [-0.15, -0.1) is 0 Å². The number of pyridine rings is 1. The van der Waals surface area contributed by atoms with Gasteiger partial charge in [-0.3, -0.25) is 4.98 Å². The summed E-state index contributed by atoms with van der Waals surface area (Å²) in [6.07, 6.45) is 10.3.